The number of nitrogens with two attached hydrogens (primary N) is 1. The molecular formula is C39H35Cl2N3O3. The van der Waals surface area contributed by atoms with Gasteiger partial charge >= 0.3 is 0 Å². The van der Waals surface area contributed by atoms with Crippen LogP contribution < -0.4 is 20.7 Å². The van der Waals surface area contributed by atoms with Crippen LogP contribution in [0.1, 0.15) is 47.6 Å². The molecule has 3 N–H and O–H groups in total. The third-order valence-corrected chi connectivity index (χ3v) is 8.95. The highest BCUT2D eigenvalue weighted by molar-refractivity contribution is 6.35. The number of para-hydroxylation sites is 2. The van der Waals surface area contributed by atoms with Gasteiger partial charge in [-0.15, -0.1) is 0 Å². The Kier molecular flexibility index (Phi) is 10.2. The molecular weight excluding hydrogens is 629 g/mol. The van der Waals surface area contributed by atoms with E-state index in [0.717, 1.165) is 40.7 Å². The second-order valence-electron chi connectivity index (χ2n) is 11.6. The van der Waals surface area contributed by atoms with Crippen molar-refractivity contribution in [2.24, 2.45) is 5.73 Å². The number of nitrogens with zero attached hydrogens (tertiary/aromatic N) is 1. The molecule has 1 atom stereocenters. The number of fused-ring (bicyclic) bond motifs is 1. The van der Waals surface area contributed by atoms with E-state index in [1.807, 2.05) is 91.0 Å². The van der Waals surface area contributed by atoms with Gasteiger partial charge < -0.3 is 20.7 Å². The number of anilines is 1. The molecule has 2 amide bonds. The lowest BCUT2D eigenvalue weighted by Crippen LogP contribution is -2.33. The van der Waals surface area contributed by atoms with E-state index >= 15 is 0 Å². The molecule has 0 saturated heterocycles. The fourth-order valence-electron chi connectivity index (χ4n) is 5.96. The molecule has 0 saturated carbocycles. The van der Waals surface area contributed by atoms with Gasteiger partial charge in [0.1, 0.15) is 5.75 Å². The maximum absolute atomic E-state index is 14.0. The van der Waals surface area contributed by atoms with Crippen molar-refractivity contribution in [1.29, 1.82) is 0 Å². The average molecular weight is 665 g/mol. The third-order valence-electron chi connectivity index (χ3n) is 8.39. The van der Waals surface area contributed by atoms with Gasteiger partial charge in [-0.1, -0.05) is 96.0 Å². The first kappa shape index (κ1) is 32.3. The normalized spacial score (nSPS) is 13.6. The first-order valence-corrected chi connectivity index (χ1v) is 16.4. The van der Waals surface area contributed by atoms with Crippen LogP contribution in [0.3, 0.4) is 0 Å². The number of ether oxygens (including phenoxy) is 1. The number of rotatable bonds is 11. The quantitative estimate of drug-likeness (QED) is 0.148. The summed E-state index contributed by atoms with van der Waals surface area (Å²) in [6, 6.07) is 36.3. The smallest absolute Gasteiger partial charge is 0.227 e. The second kappa shape index (κ2) is 14.9. The van der Waals surface area contributed by atoms with Crippen LogP contribution in [-0.4, -0.2) is 11.8 Å². The summed E-state index contributed by atoms with van der Waals surface area (Å²) in [5.74, 6) is 0.794. The standard InChI is InChI=1S/C39H35Cl2N3O3/c40-30-17-18-34(41)33(23-30)29-14-12-26(13-15-29)25-44(36-10-3-4-11-37(36)47-31-8-5-6-27(22-31)24-42)39(46)21-20-38(45)43-35-19-16-28-7-1-2-9-32(28)35/h1-15,17-18,22-23,35H,16,19-21,24-25,42H2,(H,43,45). The monoisotopic (exact) mass is 663 g/mol. The lowest BCUT2D eigenvalue weighted by atomic mass is 10.0. The number of hydrogen-bond donors (Lipinski definition) is 2. The molecule has 0 spiro atoms. The Balaban J connectivity index is 1.23. The summed E-state index contributed by atoms with van der Waals surface area (Å²) in [6.45, 7) is 0.650. The van der Waals surface area contributed by atoms with E-state index in [9.17, 15) is 9.59 Å². The van der Waals surface area contributed by atoms with Gasteiger partial charge in [-0.3, -0.25) is 9.59 Å². The van der Waals surface area contributed by atoms with Crippen LogP contribution in [0.15, 0.2) is 115 Å². The van der Waals surface area contributed by atoms with Gasteiger partial charge in [-0.05, 0) is 83.1 Å². The van der Waals surface area contributed by atoms with E-state index < -0.39 is 0 Å². The summed E-state index contributed by atoms with van der Waals surface area (Å²) in [4.78, 5) is 28.8. The summed E-state index contributed by atoms with van der Waals surface area (Å²) >= 11 is 12.7. The number of halogens is 2. The molecule has 0 bridgehead atoms. The minimum Gasteiger partial charge on any atom is -0.455 e. The van der Waals surface area contributed by atoms with Gasteiger partial charge in [-0.25, -0.2) is 0 Å². The maximum atomic E-state index is 14.0. The molecule has 47 heavy (non-hydrogen) atoms. The number of benzene rings is 5. The molecule has 1 aliphatic carbocycles. The highest BCUT2D eigenvalue weighted by atomic mass is 35.5. The molecule has 0 heterocycles. The molecule has 0 aromatic heterocycles. The Bertz CT molecular complexity index is 1890. The lowest BCUT2D eigenvalue weighted by Gasteiger charge is -2.26. The number of hydrogen-bond acceptors (Lipinski definition) is 4. The molecule has 1 unspecified atom stereocenters. The predicted molar refractivity (Wildman–Crippen MR) is 189 cm³/mol. The first-order chi connectivity index (χ1) is 22.9. The number of nitrogens with one attached hydrogen (secondary N) is 1. The van der Waals surface area contributed by atoms with E-state index in [2.05, 4.69) is 17.4 Å². The van der Waals surface area contributed by atoms with Gasteiger partial charge in [0.2, 0.25) is 11.8 Å². The van der Waals surface area contributed by atoms with Crippen LogP contribution in [0.2, 0.25) is 10.0 Å². The Morgan fingerprint density at radius 3 is 2.45 bits per heavy atom. The molecule has 6 rings (SSSR count). The van der Waals surface area contributed by atoms with Gasteiger partial charge in [-0.2, -0.15) is 0 Å². The second-order valence-corrected chi connectivity index (χ2v) is 12.4. The van der Waals surface area contributed by atoms with Gasteiger partial charge in [0.05, 0.1) is 18.3 Å². The van der Waals surface area contributed by atoms with E-state index in [4.69, 9.17) is 33.7 Å². The molecule has 0 radical (unpaired) electrons. The minimum absolute atomic E-state index is 0.0326. The average Bonchev–Trinajstić information content (AvgIpc) is 3.50. The first-order valence-electron chi connectivity index (χ1n) is 15.7. The van der Waals surface area contributed by atoms with Crippen LogP contribution in [-0.2, 0) is 29.1 Å². The zero-order chi connectivity index (χ0) is 32.8. The van der Waals surface area contributed by atoms with Crippen molar-refractivity contribution in [2.45, 2.75) is 44.8 Å². The van der Waals surface area contributed by atoms with Crippen molar-refractivity contribution in [1.82, 2.24) is 5.32 Å². The van der Waals surface area contributed by atoms with Crippen LogP contribution in [0.4, 0.5) is 5.69 Å². The van der Waals surface area contributed by atoms with Crippen LogP contribution in [0.25, 0.3) is 11.1 Å². The van der Waals surface area contributed by atoms with Crippen molar-refractivity contribution < 1.29 is 14.3 Å². The Morgan fingerprint density at radius 1 is 0.830 bits per heavy atom. The van der Waals surface area contributed by atoms with Crippen molar-refractivity contribution in [3.63, 3.8) is 0 Å². The molecule has 5 aromatic carbocycles. The molecule has 1 aliphatic rings. The number of carbonyl (C=O) groups excluding carboxylic acids is 2. The summed E-state index contributed by atoms with van der Waals surface area (Å²) < 4.78 is 6.31. The van der Waals surface area contributed by atoms with Crippen LogP contribution in [0, 0.1) is 0 Å². The van der Waals surface area contributed by atoms with E-state index in [-0.39, 0.29) is 37.2 Å². The van der Waals surface area contributed by atoms with Gasteiger partial charge in [0.15, 0.2) is 5.75 Å². The molecule has 6 nitrogen and oxygen atoms in total. The molecule has 0 aliphatic heterocycles. The maximum Gasteiger partial charge on any atom is 0.227 e. The lowest BCUT2D eigenvalue weighted by molar-refractivity contribution is -0.125. The number of aryl methyl sites for hydroxylation is 1. The van der Waals surface area contributed by atoms with Crippen LogP contribution in [0.5, 0.6) is 11.5 Å². The summed E-state index contributed by atoms with van der Waals surface area (Å²) in [5.41, 5.74) is 12.4. The predicted octanol–water partition coefficient (Wildman–Crippen LogP) is 9.03. The zero-order valence-corrected chi connectivity index (χ0v) is 27.3. The molecule has 238 valence electrons. The van der Waals surface area contributed by atoms with Crippen LogP contribution >= 0.6 is 23.2 Å². The van der Waals surface area contributed by atoms with Gasteiger partial charge in [0.25, 0.3) is 0 Å². The zero-order valence-electron chi connectivity index (χ0n) is 25.8. The Labute approximate surface area is 285 Å². The van der Waals surface area contributed by atoms with Crippen molar-refractivity contribution in [3.05, 3.63) is 148 Å². The number of carbonyl (C=O) groups is 2. The summed E-state index contributed by atoms with van der Waals surface area (Å²) in [6.07, 6.45) is 1.90. The highest BCUT2D eigenvalue weighted by Crippen LogP contribution is 2.36. The number of amides is 2. The molecule has 0 fully saturated rings. The highest BCUT2D eigenvalue weighted by Gasteiger charge is 2.25. The Hall–Kier alpha value is -4.62. The van der Waals surface area contributed by atoms with Gasteiger partial charge in [0, 0.05) is 35.0 Å². The van der Waals surface area contributed by atoms with E-state index in [1.54, 1.807) is 17.0 Å². The third kappa shape index (κ3) is 7.86. The SMILES string of the molecule is NCc1cccc(Oc2ccccc2N(Cc2ccc(-c3cc(Cl)ccc3Cl)cc2)C(=O)CCC(=O)NC2CCc3ccccc32)c1. The molecule has 8 heteroatoms. The van der Waals surface area contributed by atoms with Crippen molar-refractivity contribution in [2.75, 3.05) is 4.90 Å². The van der Waals surface area contributed by atoms with Crippen molar-refractivity contribution >= 4 is 40.7 Å². The fraction of sp³-hybridized carbons (Fsp3) is 0.179. The van der Waals surface area contributed by atoms with E-state index in [1.165, 1.54) is 5.56 Å². The van der Waals surface area contributed by atoms with E-state index in [0.29, 0.717) is 33.8 Å². The fourth-order valence-corrected chi connectivity index (χ4v) is 6.36. The van der Waals surface area contributed by atoms with Crippen molar-refractivity contribution in [3.8, 4) is 22.6 Å². The topological polar surface area (TPSA) is 84.7 Å². The largest absolute Gasteiger partial charge is 0.455 e. The molecule has 5 aromatic rings. The Morgan fingerprint density at radius 2 is 1.62 bits per heavy atom. The minimum atomic E-state index is -0.194. The summed E-state index contributed by atoms with van der Waals surface area (Å²) in [7, 11) is 0. The summed E-state index contributed by atoms with van der Waals surface area (Å²) in [5, 5.41) is 4.34.